The van der Waals surface area contributed by atoms with Crippen molar-refractivity contribution in [1.82, 2.24) is 0 Å². The van der Waals surface area contributed by atoms with Crippen LogP contribution in [0, 0.1) is 11.3 Å². The van der Waals surface area contributed by atoms with E-state index in [2.05, 4.69) is 20.8 Å². The molecule has 0 aromatic rings. The van der Waals surface area contributed by atoms with Crippen molar-refractivity contribution in [3.8, 4) is 0 Å². The average Bonchev–Trinajstić information content (AvgIpc) is 2.38. The fourth-order valence-corrected chi connectivity index (χ4v) is 2.78. The number of carboxylic acids is 1. The van der Waals surface area contributed by atoms with E-state index in [1.165, 1.54) is 19.3 Å². The van der Waals surface area contributed by atoms with Crippen molar-refractivity contribution in [1.29, 1.82) is 0 Å². The lowest BCUT2D eigenvalue weighted by Crippen LogP contribution is -2.33. The van der Waals surface area contributed by atoms with Crippen molar-refractivity contribution < 1.29 is 9.90 Å². The molecule has 0 amide bonds. The van der Waals surface area contributed by atoms with E-state index in [4.69, 9.17) is 0 Å². The second-order valence-corrected chi connectivity index (χ2v) is 5.66. The Bertz CT molecular complexity index is 225. The Morgan fingerprint density at radius 2 is 1.72 bits per heavy atom. The maximum absolute atomic E-state index is 11.7. The van der Waals surface area contributed by atoms with Crippen molar-refractivity contribution in [3.05, 3.63) is 0 Å². The zero-order chi connectivity index (χ0) is 14.0. The number of aliphatic carboxylic acids is 1. The molecule has 0 rings (SSSR count). The molecule has 0 aliphatic heterocycles. The van der Waals surface area contributed by atoms with Gasteiger partial charge in [-0.2, -0.15) is 0 Å². The molecule has 0 saturated carbocycles. The third kappa shape index (κ3) is 5.41. The van der Waals surface area contributed by atoms with Crippen LogP contribution in [0.4, 0.5) is 0 Å². The van der Waals surface area contributed by atoms with Gasteiger partial charge in [-0.1, -0.05) is 66.2 Å². The highest BCUT2D eigenvalue weighted by atomic mass is 16.4. The number of unbranched alkanes of at least 4 members (excludes halogenated alkanes) is 2. The molecule has 0 radical (unpaired) electrons. The quantitative estimate of drug-likeness (QED) is 0.547. The maximum Gasteiger partial charge on any atom is 0.309 e. The van der Waals surface area contributed by atoms with Crippen LogP contribution in [0.5, 0.6) is 0 Å². The Hall–Kier alpha value is -0.530. The van der Waals surface area contributed by atoms with Crippen LogP contribution in [0.25, 0.3) is 0 Å². The number of rotatable bonds is 11. The van der Waals surface area contributed by atoms with Crippen LogP contribution in [0.2, 0.25) is 0 Å². The Balaban J connectivity index is 4.67. The van der Waals surface area contributed by atoms with Crippen LogP contribution in [-0.2, 0) is 4.79 Å². The van der Waals surface area contributed by atoms with E-state index in [0.717, 1.165) is 38.5 Å². The summed E-state index contributed by atoms with van der Waals surface area (Å²) in [5.41, 5.74) is -0.468. The molecular weight excluding hydrogens is 224 g/mol. The van der Waals surface area contributed by atoms with Gasteiger partial charge in [-0.15, -0.1) is 0 Å². The number of hydrogen-bond donors (Lipinski definition) is 1. The first-order valence-electron chi connectivity index (χ1n) is 7.79. The van der Waals surface area contributed by atoms with Crippen molar-refractivity contribution in [2.45, 2.75) is 85.5 Å². The van der Waals surface area contributed by atoms with Crippen molar-refractivity contribution in [3.63, 3.8) is 0 Å². The van der Waals surface area contributed by atoms with Gasteiger partial charge in [-0.25, -0.2) is 0 Å². The SMILES string of the molecule is CCCCC(CC)CC(CC)(CCCC)C(=O)O. The number of carboxylic acid groups (broad SMARTS) is 1. The molecule has 18 heavy (non-hydrogen) atoms. The van der Waals surface area contributed by atoms with Crippen LogP contribution in [0.1, 0.15) is 85.5 Å². The third-order valence-corrected chi connectivity index (χ3v) is 4.36. The first kappa shape index (κ1) is 17.5. The van der Waals surface area contributed by atoms with Crippen LogP contribution >= 0.6 is 0 Å². The van der Waals surface area contributed by atoms with Crippen molar-refractivity contribution in [2.75, 3.05) is 0 Å². The lowest BCUT2D eigenvalue weighted by Gasteiger charge is -2.32. The molecule has 0 spiro atoms. The summed E-state index contributed by atoms with van der Waals surface area (Å²) in [7, 11) is 0. The Labute approximate surface area is 113 Å². The van der Waals surface area contributed by atoms with Crippen molar-refractivity contribution in [2.24, 2.45) is 11.3 Å². The van der Waals surface area contributed by atoms with Gasteiger partial charge < -0.3 is 5.11 Å². The van der Waals surface area contributed by atoms with E-state index < -0.39 is 11.4 Å². The molecular formula is C16H32O2. The van der Waals surface area contributed by atoms with Gasteiger partial charge in [-0.05, 0) is 25.2 Å². The van der Waals surface area contributed by atoms with Gasteiger partial charge in [0.2, 0.25) is 0 Å². The second kappa shape index (κ2) is 9.41. The highest BCUT2D eigenvalue weighted by molar-refractivity contribution is 5.74. The minimum Gasteiger partial charge on any atom is -0.481 e. The van der Waals surface area contributed by atoms with Crippen LogP contribution in [-0.4, -0.2) is 11.1 Å². The molecule has 0 aromatic heterocycles. The highest BCUT2D eigenvalue weighted by Crippen LogP contribution is 2.38. The molecule has 0 aliphatic rings. The predicted molar refractivity (Wildman–Crippen MR) is 77.8 cm³/mol. The fraction of sp³-hybridized carbons (Fsp3) is 0.938. The summed E-state index contributed by atoms with van der Waals surface area (Å²) in [6.45, 7) is 8.57. The standard InChI is InChI=1S/C16H32O2/c1-5-9-11-14(7-3)13-16(8-4,15(17)18)12-10-6-2/h14H,5-13H2,1-4H3,(H,17,18). The smallest absolute Gasteiger partial charge is 0.309 e. The Kier molecular flexibility index (Phi) is 9.13. The average molecular weight is 256 g/mol. The predicted octanol–water partition coefficient (Wildman–Crippen LogP) is 5.26. The van der Waals surface area contributed by atoms with Gasteiger partial charge in [0.05, 0.1) is 5.41 Å². The lowest BCUT2D eigenvalue weighted by atomic mass is 9.72. The number of carbonyl (C=O) groups is 1. The van der Waals surface area contributed by atoms with Gasteiger partial charge in [0.25, 0.3) is 0 Å². The van der Waals surface area contributed by atoms with Gasteiger partial charge in [-0.3, -0.25) is 4.79 Å². The first-order chi connectivity index (χ1) is 8.56. The summed E-state index contributed by atoms with van der Waals surface area (Å²) in [6.07, 6.45) is 9.34. The van der Waals surface area contributed by atoms with Crippen LogP contribution < -0.4 is 0 Å². The van der Waals surface area contributed by atoms with Crippen molar-refractivity contribution >= 4 is 5.97 Å². The minimum atomic E-state index is -0.576. The van der Waals surface area contributed by atoms with Crippen LogP contribution in [0.15, 0.2) is 0 Å². The van der Waals surface area contributed by atoms with E-state index in [1.807, 2.05) is 6.92 Å². The van der Waals surface area contributed by atoms with E-state index in [9.17, 15) is 9.90 Å². The zero-order valence-corrected chi connectivity index (χ0v) is 12.8. The molecule has 0 saturated heterocycles. The maximum atomic E-state index is 11.7. The molecule has 0 bridgehead atoms. The van der Waals surface area contributed by atoms with Gasteiger partial charge >= 0.3 is 5.97 Å². The number of hydrogen-bond acceptors (Lipinski definition) is 1. The molecule has 2 unspecified atom stereocenters. The minimum absolute atomic E-state index is 0.468. The monoisotopic (exact) mass is 256 g/mol. The van der Waals surface area contributed by atoms with Gasteiger partial charge in [0.15, 0.2) is 0 Å². The molecule has 108 valence electrons. The molecule has 0 fully saturated rings. The fourth-order valence-electron chi connectivity index (χ4n) is 2.78. The molecule has 2 atom stereocenters. The van der Waals surface area contributed by atoms with Crippen LogP contribution in [0.3, 0.4) is 0 Å². The molecule has 0 aromatic carbocycles. The normalized spacial score (nSPS) is 16.2. The molecule has 1 N–H and O–H groups in total. The zero-order valence-electron chi connectivity index (χ0n) is 12.8. The summed E-state index contributed by atoms with van der Waals surface area (Å²) < 4.78 is 0. The Morgan fingerprint density at radius 1 is 1.11 bits per heavy atom. The van der Waals surface area contributed by atoms with Gasteiger partial charge in [0, 0.05) is 0 Å². The van der Waals surface area contributed by atoms with E-state index in [0.29, 0.717) is 5.92 Å². The Morgan fingerprint density at radius 3 is 2.11 bits per heavy atom. The van der Waals surface area contributed by atoms with E-state index in [-0.39, 0.29) is 0 Å². The summed E-state index contributed by atoms with van der Waals surface area (Å²) in [4.78, 5) is 11.7. The molecule has 0 aliphatic carbocycles. The molecule has 2 nitrogen and oxygen atoms in total. The molecule has 2 heteroatoms. The topological polar surface area (TPSA) is 37.3 Å². The summed E-state index contributed by atoms with van der Waals surface area (Å²) >= 11 is 0. The highest BCUT2D eigenvalue weighted by Gasteiger charge is 2.37. The molecule has 0 heterocycles. The van der Waals surface area contributed by atoms with E-state index in [1.54, 1.807) is 0 Å². The summed E-state index contributed by atoms with van der Waals surface area (Å²) in [5, 5.41) is 9.62. The lowest BCUT2D eigenvalue weighted by molar-refractivity contribution is -0.151. The first-order valence-corrected chi connectivity index (χ1v) is 7.79. The summed E-state index contributed by atoms with van der Waals surface area (Å²) in [6, 6.07) is 0. The van der Waals surface area contributed by atoms with Gasteiger partial charge in [0.1, 0.15) is 0 Å². The largest absolute Gasteiger partial charge is 0.481 e. The third-order valence-electron chi connectivity index (χ3n) is 4.36. The van der Waals surface area contributed by atoms with E-state index >= 15 is 0 Å². The summed E-state index contributed by atoms with van der Waals surface area (Å²) in [5.74, 6) is 0.00579. The second-order valence-electron chi connectivity index (χ2n) is 5.66.